The Kier molecular flexibility index (Phi) is 7.99. The highest BCUT2D eigenvalue weighted by molar-refractivity contribution is 5.95. The number of halogens is 1. The van der Waals surface area contributed by atoms with E-state index in [4.69, 9.17) is 0 Å². The second-order valence-corrected chi connectivity index (χ2v) is 9.27. The van der Waals surface area contributed by atoms with Crippen LogP contribution < -0.4 is 10.6 Å². The molecule has 1 saturated heterocycles. The molecular weight excluding hydrogens is 407 g/mol. The standard InChI is InChI=1S/C25H33FN4O2/c1-25(2,3)28-22(31)18-29-14-7-15-30(17-16-29)23(19-8-5-4-6-9-19)24(32)27-21-12-10-20(26)11-13-21/h4-6,8-13,23H,7,14-18H2,1-3H3,(H,27,32)(H,28,31)/t23-/m0/s1. The third kappa shape index (κ3) is 7.14. The summed E-state index contributed by atoms with van der Waals surface area (Å²) in [5.74, 6) is -0.480. The van der Waals surface area contributed by atoms with Gasteiger partial charge in [-0.15, -0.1) is 0 Å². The number of carbonyl (C=O) groups excluding carboxylic acids is 2. The zero-order valence-electron chi connectivity index (χ0n) is 19.1. The smallest absolute Gasteiger partial charge is 0.246 e. The SMILES string of the molecule is CC(C)(C)NC(=O)CN1CCCN([C@H](C(=O)Nc2ccc(F)cc2)c2ccccc2)CC1. The van der Waals surface area contributed by atoms with Crippen LogP contribution in [0.15, 0.2) is 54.6 Å². The van der Waals surface area contributed by atoms with Gasteiger partial charge >= 0.3 is 0 Å². The van der Waals surface area contributed by atoms with Gasteiger partial charge in [0.15, 0.2) is 0 Å². The lowest BCUT2D eigenvalue weighted by Gasteiger charge is -2.30. The molecule has 1 aliphatic heterocycles. The van der Waals surface area contributed by atoms with E-state index in [1.807, 2.05) is 51.1 Å². The highest BCUT2D eigenvalue weighted by Gasteiger charge is 2.30. The number of hydrogen-bond acceptors (Lipinski definition) is 4. The van der Waals surface area contributed by atoms with Gasteiger partial charge in [0.2, 0.25) is 11.8 Å². The van der Waals surface area contributed by atoms with Crippen LogP contribution >= 0.6 is 0 Å². The van der Waals surface area contributed by atoms with Crippen molar-refractivity contribution in [2.45, 2.75) is 38.8 Å². The van der Waals surface area contributed by atoms with Crippen molar-refractivity contribution in [1.82, 2.24) is 15.1 Å². The van der Waals surface area contributed by atoms with Crippen LogP contribution in [-0.2, 0) is 9.59 Å². The van der Waals surface area contributed by atoms with E-state index >= 15 is 0 Å². The molecule has 1 atom stereocenters. The number of anilines is 1. The maximum absolute atomic E-state index is 13.3. The van der Waals surface area contributed by atoms with Gasteiger partial charge in [-0.3, -0.25) is 19.4 Å². The van der Waals surface area contributed by atoms with E-state index in [1.54, 1.807) is 12.1 Å². The Morgan fingerprint density at radius 2 is 1.66 bits per heavy atom. The Balaban J connectivity index is 1.70. The van der Waals surface area contributed by atoms with Crippen molar-refractivity contribution in [3.05, 3.63) is 66.0 Å². The summed E-state index contributed by atoms with van der Waals surface area (Å²) < 4.78 is 13.2. The van der Waals surface area contributed by atoms with Crippen molar-refractivity contribution in [2.75, 3.05) is 38.0 Å². The molecule has 172 valence electrons. The summed E-state index contributed by atoms with van der Waals surface area (Å²) >= 11 is 0. The van der Waals surface area contributed by atoms with Crippen molar-refractivity contribution in [2.24, 2.45) is 0 Å². The van der Waals surface area contributed by atoms with Crippen LogP contribution in [0, 0.1) is 5.82 Å². The number of rotatable bonds is 6. The highest BCUT2D eigenvalue weighted by Crippen LogP contribution is 2.24. The van der Waals surface area contributed by atoms with E-state index in [2.05, 4.69) is 20.4 Å². The normalized spacial score (nSPS) is 16.8. The highest BCUT2D eigenvalue weighted by atomic mass is 19.1. The zero-order chi connectivity index (χ0) is 23.1. The summed E-state index contributed by atoms with van der Waals surface area (Å²) in [6, 6.07) is 15.0. The summed E-state index contributed by atoms with van der Waals surface area (Å²) in [6.45, 7) is 9.17. The van der Waals surface area contributed by atoms with Crippen LogP contribution in [0.5, 0.6) is 0 Å². The molecule has 1 aliphatic rings. The molecule has 0 saturated carbocycles. The van der Waals surface area contributed by atoms with Gasteiger partial charge in [0.05, 0.1) is 6.54 Å². The molecule has 0 aromatic heterocycles. The number of nitrogens with one attached hydrogen (secondary N) is 2. The van der Waals surface area contributed by atoms with Crippen LogP contribution in [0.25, 0.3) is 0 Å². The molecule has 32 heavy (non-hydrogen) atoms. The number of hydrogen-bond donors (Lipinski definition) is 2. The van der Waals surface area contributed by atoms with Crippen molar-refractivity contribution >= 4 is 17.5 Å². The Morgan fingerprint density at radius 1 is 0.969 bits per heavy atom. The molecule has 1 heterocycles. The van der Waals surface area contributed by atoms with Crippen molar-refractivity contribution < 1.29 is 14.0 Å². The number of carbonyl (C=O) groups is 2. The molecule has 2 N–H and O–H groups in total. The maximum Gasteiger partial charge on any atom is 0.246 e. The number of amides is 2. The van der Waals surface area contributed by atoms with E-state index < -0.39 is 6.04 Å². The lowest BCUT2D eigenvalue weighted by molar-refractivity contribution is -0.124. The summed E-state index contributed by atoms with van der Waals surface area (Å²) in [5.41, 5.74) is 1.21. The van der Waals surface area contributed by atoms with Gasteiger partial charge < -0.3 is 10.6 Å². The summed E-state index contributed by atoms with van der Waals surface area (Å²) in [7, 11) is 0. The van der Waals surface area contributed by atoms with E-state index in [0.717, 1.165) is 25.1 Å². The molecule has 2 amide bonds. The molecule has 6 nitrogen and oxygen atoms in total. The average molecular weight is 441 g/mol. The monoisotopic (exact) mass is 440 g/mol. The first-order chi connectivity index (χ1) is 15.2. The van der Waals surface area contributed by atoms with Crippen LogP contribution in [0.1, 0.15) is 38.8 Å². The third-order valence-corrected chi connectivity index (χ3v) is 5.35. The molecule has 1 fully saturated rings. The first-order valence-corrected chi connectivity index (χ1v) is 11.1. The molecule has 3 rings (SSSR count). The molecule has 2 aromatic rings. The molecule has 0 unspecified atom stereocenters. The number of benzene rings is 2. The minimum Gasteiger partial charge on any atom is -0.350 e. The molecule has 2 aromatic carbocycles. The van der Waals surface area contributed by atoms with E-state index in [1.165, 1.54) is 12.1 Å². The predicted octanol–water partition coefficient (Wildman–Crippen LogP) is 3.43. The molecule has 0 spiro atoms. The predicted molar refractivity (Wildman–Crippen MR) is 125 cm³/mol. The van der Waals surface area contributed by atoms with Gasteiger partial charge in [-0.1, -0.05) is 30.3 Å². The van der Waals surface area contributed by atoms with Crippen molar-refractivity contribution in [3.63, 3.8) is 0 Å². The first-order valence-electron chi connectivity index (χ1n) is 11.1. The second-order valence-electron chi connectivity index (χ2n) is 9.27. The largest absolute Gasteiger partial charge is 0.350 e. The maximum atomic E-state index is 13.3. The molecule has 0 bridgehead atoms. The van der Waals surface area contributed by atoms with Crippen molar-refractivity contribution in [3.8, 4) is 0 Å². The second kappa shape index (κ2) is 10.7. The minimum absolute atomic E-state index is 0.0135. The summed E-state index contributed by atoms with van der Waals surface area (Å²) in [5, 5.41) is 5.94. The molecule has 0 radical (unpaired) electrons. The van der Waals surface area contributed by atoms with Gasteiger partial charge in [0.25, 0.3) is 0 Å². The Bertz CT molecular complexity index is 896. The van der Waals surface area contributed by atoms with Crippen LogP contribution in [-0.4, -0.2) is 59.9 Å². The minimum atomic E-state index is -0.468. The first kappa shape index (κ1) is 23.9. The Hall–Kier alpha value is -2.77. The lowest BCUT2D eigenvalue weighted by Crippen LogP contribution is -2.46. The van der Waals surface area contributed by atoms with Gasteiger partial charge in [0.1, 0.15) is 11.9 Å². The fourth-order valence-electron chi connectivity index (χ4n) is 3.98. The quantitative estimate of drug-likeness (QED) is 0.723. The fourth-order valence-corrected chi connectivity index (χ4v) is 3.98. The lowest BCUT2D eigenvalue weighted by atomic mass is 10.0. The number of nitrogens with zero attached hydrogens (tertiary/aromatic N) is 2. The van der Waals surface area contributed by atoms with Crippen molar-refractivity contribution in [1.29, 1.82) is 0 Å². The molecule has 7 heteroatoms. The fraction of sp³-hybridized carbons (Fsp3) is 0.440. The molecular formula is C25H33FN4O2. The van der Waals surface area contributed by atoms with Gasteiger partial charge in [-0.25, -0.2) is 4.39 Å². The van der Waals surface area contributed by atoms with E-state index in [9.17, 15) is 14.0 Å². The summed E-state index contributed by atoms with van der Waals surface area (Å²) in [6.07, 6.45) is 0.857. The van der Waals surface area contributed by atoms with Crippen LogP contribution in [0.2, 0.25) is 0 Å². The Labute approximate surface area is 189 Å². The van der Waals surface area contributed by atoms with Gasteiger partial charge in [-0.05, 0) is 63.6 Å². The third-order valence-electron chi connectivity index (χ3n) is 5.35. The van der Waals surface area contributed by atoms with E-state index in [-0.39, 0.29) is 23.2 Å². The van der Waals surface area contributed by atoms with Crippen LogP contribution in [0.3, 0.4) is 0 Å². The topological polar surface area (TPSA) is 64.7 Å². The zero-order valence-corrected chi connectivity index (χ0v) is 19.1. The van der Waals surface area contributed by atoms with Crippen LogP contribution in [0.4, 0.5) is 10.1 Å². The van der Waals surface area contributed by atoms with Gasteiger partial charge in [0, 0.05) is 30.9 Å². The van der Waals surface area contributed by atoms with E-state index in [0.29, 0.717) is 25.3 Å². The Morgan fingerprint density at radius 3 is 2.31 bits per heavy atom. The summed E-state index contributed by atoms with van der Waals surface area (Å²) in [4.78, 5) is 30.0. The van der Waals surface area contributed by atoms with Gasteiger partial charge in [-0.2, -0.15) is 0 Å². The molecule has 0 aliphatic carbocycles. The average Bonchev–Trinajstić information content (AvgIpc) is 2.95.